The molecule has 1 aliphatic rings. The molecule has 0 unspecified atom stereocenters. The summed E-state index contributed by atoms with van der Waals surface area (Å²) in [6, 6.07) is 16.8. The van der Waals surface area contributed by atoms with Crippen molar-refractivity contribution < 1.29 is 4.74 Å². The van der Waals surface area contributed by atoms with Gasteiger partial charge in [0.25, 0.3) is 0 Å². The van der Waals surface area contributed by atoms with E-state index in [2.05, 4.69) is 67.6 Å². The molecule has 0 saturated heterocycles. The Bertz CT molecular complexity index is 651. The zero-order chi connectivity index (χ0) is 15.8. The highest BCUT2D eigenvalue weighted by atomic mass is 16.5. The molecule has 0 fully saturated rings. The fraction of sp³-hybridized carbons (Fsp3) is 0.238. The lowest BCUT2D eigenvalue weighted by molar-refractivity contribution is 0.351. The summed E-state index contributed by atoms with van der Waals surface area (Å²) < 4.78 is 6.10. The number of rotatable bonds is 1. The Kier molecular flexibility index (Phi) is 6.02. The average Bonchev–Trinajstić information content (AvgIpc) is 2.68. The van der Waals surface area contributed by atoms with E-state index in [0.717, 1.165) is 12.2 Å². The summed E-state index contributed by atoms with van der Waals surface area (Å²) in [6.45, 7) is 6.74. The number of hydrogen-bond acceptors (Lipinski definition) is 1. The zero-order valence-electron chi connectivity index (χ0n) is 13.7. The molecular weight excluding hydrogens is 268 g/mol. The molecule has 0 aromatic heterocycles. The smallest absolute Gasteiger partial charge is 0.131 e. The number of benzene rings is 2. The van der Waals surface area contributed by atoms with E-state index >= 15 is 0 Å². The summed E-state index contributed by atoms with van der Waals surface area (Å²) in [5.41, 5.74) is 4.85. The minimum Gasteiger partial charge on any atom is -0.488 e. The summed E-state index contributed by atoms with van der Waals surface area (Å²) in [5, 5.41) is 0. The lowest BCUT2D eigenvalue weighted by atomic mass is 10.00. The summed E-state index contributed by atoms with van der Waals surface area (Å²) in [7, 11) is 0. The van der Waals surface area contributed by atoms with Crippen molar-refractivity contribution in [2.45, 2.75) is 27.2 Å². The Labute approximate surface area is 134 Å². The van der Waals surface area contributed by atoms with Gasteiger partial charge in [-0.2, -0.15) is 0 Å². The highest BCUT2D eigenvalue weighted by Gasteiger charge is 2.11. The highest BCUT2D eigenvalue weighted by Crippen LogP contribution is 2.34. The lowest BCUT2D eigenvalue weighted by Gasteiger charge is -2.15. The number of hydrogen-bond donors (Lipinski definition) is 0. The Morgan fingerprint density at radius 3 is 2.45 bits per heavy atom. The quantitative estimate of drug-likeness (QED) is 0.643. The van der Waals surface area contributed by atoms with Gasteiger partial charge in [0.05, 0.1) is 0 Å². The van der Waals surface area contributed by atoms with E-state index in [9.17, 15) is 0 Å². The van der Waals surface area contributed by atoms with E-state index in [1.165, 1.54) is 22.3 Å². The van der Waals surface area contributed by atoms with Gasteiger partial charge in [-0.15, -0.1) is 0 Å². The molecule has 2 aromatic rings. The summed E-state index contributed by atoms with van der Waals surface area (Å²) in [6.07, 6.45) is 7.32. The first-order chi connectivity index (χ1) is 10.8. The largest absolute Gasteiger partial charge is 0.488 e. The van der Waals surface area contributed by atoms with Crippen LogP contribution < -0.4 is 4.74 Å². The molecular formula is C21H24O. The van der Waals surface area contributed by atoms with Gasteiger partial charge in [0.15, 0.2) is 0 Å². The van der Waals surface area contributed by atoms with Gasteiger partial charge in [0.2, 0.25) is 0 Å². The van der Waals surface area contributed by atoms with Gasteiger partial charge in [-0.1, -0.05) is 80.6 Å². The van der Waals surface area contributed by atoms with Gasteiger partial charge in [-0.05, 0) is 30.0 Å². The molecule has 1 heterocycles. The first-order valence-corrected chi connectivity index (χ1v) is 7.97. The zero-order valence-corrected chi connectivity index (χ0v) is 13.7. The molecule has 1 aliphatic heterocycles. The van der Waals surface area contributed by atoms with Crippen molar-refractivity contribution in [3.63, 3.8) is 0 Å². The van der Waals surface area contributed by atoms with Gasteiger partial charge in [0, 0.05) is 5.56 Å². The van der Waals surface area contributed by atoms with Crippen molar-refractivity contribution in [2.24, 2.45) is 0 Å². The van der Waals surface area contributed by atoms with E-state index in [-0.39, 0.29) is 0 Å². The van der Waals surface area contributed by atoms with Crippen LogP contribution in [0, 0.1) is 0 Å². The van der Waals surface area contributed by atoms with Crippen molar-refractivity contribution in [2.75, 3.05) is 6.61 Å². The molecule has 0 bridgehead atoms. The van der Waals surface area contributed by atoms with Crippen molar-refractivity contribution in [1.29, 1.82) is 0 Å². The summed E-state index contributed by atoms with van der Waals surface area (Å²) >= 11 is 0. The third kappa shape index (κ3) is 3.88. The topological polar surface area (TPSA) is 9.23 Å². The van der Waals surface area contributed by atoms with E-state index in [4.69, 9.17) is 4.74 Å². The summed E-state index contributed by atoms with van der Waals surface area (Å²) in [5.74, 6) is 1.01. The van der Waals surface area contributed by atoms with Crippen molar-refractivity contribution in [3.8, 4) is 16.9 Å². The predicted molar refractivity (Wildman–Crippen MR) is 95.3 cm³/mol. The van der Waals surface area contributed by atoms with Crippen LogP contribution in [0.1, 0.15) is 26.3 Å². The molecule has 1 nitrogen and oxygen atoms in total. The Morgan fingerprint density at radius 2 is 1.68 bits per heavy atom. The van der Waals surface area contributed by atoms with Crippen LogP contribution in [0.3, 0.4) is 0 Å². The second-order valence-corrected chi connectivity index (χ2v) is 5.09. The van der Waals surface area contributed by atoms with Crippen LogP contribution in [-0.4, -0.2) is 6.61 Å². The van der Waals surface area contributed by atoms with E-state index in [1.807, 2.05) is 19.9 Å². The van der Waals surface area contributed by atoms with Crippen LogP contribution >= 0.6 is 0 Å². The molecule has 114 valence electrons. The molecule has 22 heavy (non-hydrogen) atoms. The SMILES string of the molecule is C/C1=C/C=C\Cc2cccc(-c3ccccc3)c2OC1.CC. The molecule has 2 aromatic carbocycles. The van der Waals surface area contributed by atoms with Crippen molar-refractivity contribution in [3.05, 3.63) is 77.9 Å². The highest BCUT2D eigenvalue weighted by molar-refractivity contribution is 5.72. The average molecular weight is 292 g/mol. The Hall–Kier alpha value is -2.28. The van der Waals surface area contributed by atoms with Gasteiger partial charge >= 0.3 is 0 Å². The number of ether oxygens (including phenoxy) is 1. The number of fused-ring (bicyclic) bond motifs is 1. The van der Waals surface area contributed by atoms with Gasteiger partial charge in [0.1, 0.15) is 12.4 Å². The van der Waals surface area contributed by atoms with Crippen molar-refractivity contribution >= 4 is 0 Å². The Balaban J connectivity index is 0.000000847. The first-order valence-electron chi connectivity index (χ1n) is 7.97. The molecule has 0 atom stereocenters. The van der Waals surface area contributed by atoms with Crippen LogP contribution in [0.25, 0.3) is 11.1 Å². The maximum Gasteiger partial charge on any atom is 0.131 e. The molecule has 0 radical (unpaired) electrons. The molecule has 3 rings (SSSR count). The van der Waals surface area contributed by atoms with Gasteiger partial charge in [-0.3, -0.25) is 0 Å². The van der Waals surface area contributed by atoms with Crippen LogP contribution in [0.15, 0.2) is 72.3 Å². The third-order valence-corrected chi connectivity index (χ3v) is 3.48. The molecule has 0 saturated carbocycles. The van der Waals surface area contributed by atoms with E-state index in [0.29, 0.717) is 6.61 Å². The first kappa shape index (κ1) is 16.1. The van der Waals surface area contributed by atoms with E-state index in [1.54, 1.807) is 0 Å². The third-order valence-electron chi connectivity index (χ3n) is 3.48. The molecule has 1 heteroatoms. The van der Waals surface area contributed by atoms with Gasteiger partial charge in [-0.25, -0.2) is 0 Å². The second-order valence-electron chi connectivity index (χ2n) is 5.09. The van der Waals surface area contributed by atoms with Crippen LogP contribution in [-0.2, 0) is 6.42 Å². The summed E-state index contributed by atoms with van der Waals surface area (Å²) in [4.78, 5) is 0. The maximum absolute atomic E-state index is 6.10. The predicted octanol–water partition coefficient (Wildman–Crippen LogP) is 5.82. The normalized spacial score (nSPS) is 17.1. The van der Waals surface area contributed by atoms with Crippen molar-refractivity contribution in [1.82, 2.24) is 0 Å². The van der Waals surface area contributed by atoms with Crippen LogP contribution in [0.5, 0.6) is 5.75 Å². The van der Waals surface area contributed by atoms with Crippen LogP contribution in [0.2, 0.25) is 0 Å². The number of allylic oxidation sites excluding steroid dienone is 3. The molecule has 0 amide bonds. The fourth-order valence-electron chi connectivity index (χ4n) is 2.42. The second kappa shape index (κ2) is 8.23. The molecule has 0 aliphatic carbocycles. The van der Waals surface area contributed by atoms with E-state index < -0.39 is 0 Å². The molecule has 0 spiro atoms. The van der Waals surface area contributed by atoms with Crippen LogP contribution in [0.4, 0.5) is 0 Å². The Morgan fingerprint density at radius 1 is 0.909 bits per heavy atom. The molecule has 0 N–H and O–H groups in total. The minimum absolute atomic E-state index is 0.640. The van der Waals surface area contributed by atoms with Gasteiger partial charge < -0.3 is 4.74 Å². The standard InChI is InChI=1S/C19H18O.C2H6/c1-15-8-5-6-11-17-12-7-13-18(19(17)20-14-15)16-9-3-2-4-10-16;1-2/h2-10,12-13H,11,14H2,1H3;1-2H3/b6-5-,15-8-;. The fourth-order valence-corrected chi connectivity index (χ4v) is 2.42. The lowest BCUT2D eigenvalue weighted by Crippen LogP contribution is -2.02. The number of para-hydroxylation sites is 1. The minimum atomic E-state index is 0.640. The maximum atomic E-state index is 6.10. The monoisotopic (exact) mass is 292 g/mol.